The summed E-state index contributed by atoms with van der Waals surface area (Å²) >= 11 is 7.11. The monoisotopic (exact) mass is 536 g/mol. The third-order valence-corrected chi connectivity index (χ3v) is 5.78. The summed E-state index contributed by atoms with van der Waals surface area (Å²) in [5.41, 5.74) is 3.60. The molecule has 154 valence electrons. The van der Waals surface area contributed by atoms with Gasteiger partial charge in [0.05, 0.1) is 20.2 Å². The second-order valence-electron chi connectivity index (χ2n) is 6.74. The first-order valence-corrected chi connectivity index (χ1v) is 11.2. The van der Waals surface area contributed by atoms with Crippen molar-refractivity contribution in [2.45, 2.75) is 0 Å². The van der Waals surface area contributed by atoms with Crippen LogP contribution in [0.4, 0.5) is 5.69 Å². The van der Waals surface area contributed by atoms with Crippen molar-refractivity contribution >= 4 is 55.2 Å². The zero-order valence-corrected chi connectivity index (χ0v) is 19.6. The van der Waals surface area contributed by atoms with Gasteiger partial charge in [-0.05, 0) is 67.8 Å². The zero-order chi connectivity index (χ0) is 21.8. The van der Waals surface area contributed by atoms with E-state index in [4.69, 9.17) is 4.74 Å². The average molecular weight is 538 g/mol. The second-order valence-corrected chi connectivity index (χ2v) is 8.45. The highest BCUT2D eigenvalue weighted by atomic mass is 79.9. The molecule has 3 aromatic carbocycles. The molecule has 0 radical (unpaired) electrons. The fraction of sp³-hybridized carbons (Fsp3) is 0.0400. The summed E-state index contributed by atoms with van der Waals surface area (Å²) in [7, 11) is 0. The molecule has 0 saturated heterocycles. The summed E-state index contributed by atoms with van der Waals surface area (Å²) in [5.74, 6) is 0.506. The van der Waals surface area contributed by atoms with Gasteiger partial charge in [-0.1, -0.05) is 61.2 Å². The van der Waals surface area contributed by atoms with Gasteiger partial charge in [-0.25, -0.2) is 0 Å². The van der Waals surface area contributed by atoms with E-state index in [0.717, 1.165) is 25.8 Å². The first-order chi connectivity index (χ1) is 15.1. The Balaban J connectivity index is 1.78. The topological polar surface area (TPSA) is 41.9 Å². The molecule has 4 nitrogen and oxygen atoms in total. The van der Waals surface area contributed by atoms with Crippen molar-refractivity contribution in [1.82, 2.24) is 0 Å². The highest BCUT2D eigenvalue weighted by molar-refractivity contribution is 9.11. The molecule has 0 fully saturated rings. The molecule has 0 spiro atoms. The molecule has 1 heterocycles. The minimum absolute atomic E-state index is 0.177. The first kappa shape index (κ1) is 21.3. The number of carbonyl (C=O) groups excluding carboxylic acids is 1. The van der Waals surface area contributed by atoms with Crippen LogP contribution in [0.15, 0.2) is 105 Å². The Morgan fingerprint density at radius 1 is 0.968 bits per heavy atom. The van der Waals surface area contributed by atoms with Crippen molar-refractivity contribution < 1.29 is 9.53 Å². The molecule has 6 heteroatoms. The fourth-order valence-corrected chi connectivity index (χ4v) is 4.66. The van der Waals surface area contributed by atoms with E-state index < -0.39 is 0 Å². The van der Waals surface area contributed by atoms with Gasteiger partial charge in [-0.3, -0.25) is 4.79 Å². The number of hydrazone groups is 1. The SMILES string of the molecule is C=CCOc1c(Br)cc(/C=C2\C(=O)N(c3ccccc3)N=C2c2ccccc2)cc1Br. The summed E-state index contributed by atoms with van der Waals surface area (Å²) in [5, 5.41) is 6.11. The normalized spacial score (nSPS) is 14.6. The van der Waals surface area contributed by atoms with Crippen LogP contribution < -0.4 is 9.75 Å². The van der Waals surface area contributed by atoms with Crippen LogP contribution in [0.25, 0.3) is 6.08 Å². The van der Waals surface area contributed by atoms with Crippen molar-refractivity contribution in [2.24, 2.45) is 5.10 Å². The predicted octanol–water partition coefficient (Wildman–Crippen LogP) is 6.61. The molecular weight excluding hydrogens is 520 g/mol. The molecule has 1 amide bonds. The predicted molar refractivity (Wildman–Crippen MR) is 132 cm³/mol. The lowest BCUT2D eigenvalue weighted by molar-refractivity contribution is -0.114. The van der Waals surface area contributed by atoms with Gasteiger partial charge in [-0.15, -0.1) is 0 Å². The minimum atomic E-state index is -0.177. The van der Waals surface area contributed by atoms with E-state index in [9.17, 15) is 4.79 Å². The molecule has 4 rings (SSSR count). The van der Waals surface area contributed by atoms with Crippen LogP contribution in [0.1, 0.15) is 11.1 Å². The van der Waals surface area contributed by atoms with E-state index in [1.807, 2.05) is 78.9 Å². The quantitative estimate of drug-likeness (QED) is 0.262. The number of ether oxygens (including phenoxy) is 1. The Labute approximate surface area is 197 Å². The zero-order valence-electron chi connectivity index (χ0n) is 16.5. The lowest BCUT2D eigenvalue weighted by Gasteiger charge is -2.11. The highest BCUT2D eigenvalue weighted by Gasteiger charge is 2.32. The van der Waals surface area contributed by atoms with Crippen LogP contribution in [0.2, 0.25) is 0 Å². The molecule has 0 aromatic heterocycles. The van der Waals surface area contributed by atoms with Crippen molar-refractivity contribution in [3.05, 3.63) is 111 Å². The Kier molecular flexibility index (Phi) is 6.49. The Morgan fingerprint density at radius 2 is 1.58 bits per heavy atom. The Bertz CT molecular complexity index is 1170. The lowest BCUT2D eigenvalue weighted by atomic mass is 10.0. The van der Waals surface area contributed by atoms with Gasteiger partial charge >= 0.3 is 0 Å². The van der Waals surface area contributed by atoms with Gasteiger partial charge in [0.1, 0.15) is 18.1 Å². The number of amides is 1. The fourth-order valence-electron chi connectivity index (χ4n) is 3.21. The standard InChI is InChI=1S/C25H18Br2N2O2/c1-2-13-31-24-21(26)15-17(16-22(24)27)14-20-23(18-9-5-3-6-10-18)28-29(25(20)30)19-11-7-4-8-12-19/h2-12,14-16H,1,13H2/b20-14-. The summed E-state index contributed by atoms with van der Waals surface area (Å²) in [6, 6.07) is 23.0. The van der Waals surface area contributed by atoms with Gasteiger partial charge in [0.2, 0.25) is 0 Å². The molecular formula is C25H18Br2N2O2. The van der Waals surface area contributed by atoms with Gasteiger partial charge in [-0.2, -0.15) is 10.1 Å². The van der Waals surface area contributed by atoms with E-state index in [-0.39, 0.29) is 5.91 Å². The van der Waals surface area contributed by atoms with Crippen molar-refractivity contribution in [2.75, 3.05) is 11.6 Å². The smallest absolute Gasteiger partial charge is 0.281 e. The Morgan fingerprint density at radius 3 is 2.19 bits per heavy atom. The molecule has 3 aromatic rings. The van der Waals surface area contributed by atoms with E-state index in [2.05, 4.69) is 43.5 Å². The average Bonchev–Trinajstić information content (AvgIpc) is 3.10. The van der Waals surface area contributed by atoms with E-state index >= 15 is 0 Å². The third kappa shape index (κ3) is 4.55. The number of carbonyl (C=O) groups is 1. The number of anilines is 1. The number of benzene rings is 3. The summed E-state index contributed by atoms with van der Waals surface area (Å²) in [6.45, 7) is 4.07. The number of rotatable bonds is 6. The molecule has 1 aliphatic rings. The number of halogens is 2. The molecule has 1 aliphatic heterocycles. The van der Waals surface area contributed by atoms with Gasteiger partial charge in [0.25, 0.3) is 5.91 Å². The van der Waals surface area contributed by atoms with Crippen molar-refractivity contribution in [3.63, 3.8) is 0 Å². The van der Waals surface area contributed by atoms with E-state index in [0.29, 0.717) is 23.6 Å². The van der Waals surface area contributed by atoms with Crippen LogP contribution >= 0.6 is 31.9 Å². The number of nitrogens with zero attached hydrogens (tertiary/aromatic N) is 2. The van der Waals surface area contributed by atoms with Crippen LogP contribution in [0.5, 0.6) is 5.75 Å². The van der Waals surface area contributed by atoms with Gasteiger partial charge in [0, 0.05) is 5.56 Å². The summed E-state index contributed by atoms with van der Waals surface area (Å²) in [4.78, 5) is 13.4. The van der Waals surface area contributed by atoms with Crippen molar-refractivity contribution in [1.29, 1.82) is 0 Å². The van der Waals surface area contributed by atoms with Crippen LogP contribution in [-0.2, 0) is 4.79 Å². The number of hydrogen-bond donors (Lipinski definition) is 0. The summed E-state index contributed by atoms with van der Waals surface area (Å²) < 4.78 is 7.25. The van der Waals surface area contributed by atoms with E-state index in [1.165, 1.54) is 5.01 Å². The van der Waals surface area contributed by atoms with E-state index in [1.54, 1.807) is 6.08 Å². The molecule has 0 atom stereocenters. The van der Waals surface area contributed by atoms with Crippen molar-refractivity contribution in [3.8, 4) is 5.75 Å². The number of hydrogen-bond acceptors (Lipinski definition) is 3. The summed E-state index contributed by atoms with van der Waals surface area (Å²) in [6.07, 6.45) is 3.54. The molecule has 31 heavy (non-hydrogen) atoms. The second kappa shape index (κ2) is 9.45. The maximum Gasteiger partial charge on any atom is 0.281 e. The van der Waals surface area contributed by atoms with Crippen LogP contribution in [0.3, 0.4) is 0 Å². The maximum atomic E-state index is 13.4. The third-order valence-electron chi connectivity index (χ3n) is 4.60. The maximum absolute atomic E-state index is 13.4. The number of para-hydroxylation sites is 1. The molecule has 0 unspecified atom stereocenters. The lowest BCUT2D eigenvalue weighted by Crippen LogP contribution is -2.21. The first-order valence-electron chi connectivity index (χ1n) is 9.57. The van der Waals surface area contributed by atoms with Crippen LogP contribution in [-0.4, -0.2) is 18.2 Å². The molecule has 0 aliphatic carbocycles. The highest BCUT2D eigenvalue weighted by Crippen LogP contribution is 2.36. The minimum Gasteiger partial charge on any atom is -0.487 e. The van der Waals surface area contributed by atoms with Crippen LogP contribution in [0, 0.1) is 0 Å². The van der Waals surface area contributed by atoms with Gasteiger partial charge < -0.3 is 4.74 Å². The molecule has 0 saturated carbocycles. The van der Waals surface area contributed by atoms with Gasteiger partial charge in [0.15, 0.2) is 0 Å². The largest absolute Gasteiger partial charge is 0.487 e. The molecule has 0 N–H and O–H groups in total. The Hall–Kier alpha value is -2.96. The molecule has 0 bridgehead atoms.